The number of carbonyl (C=O) groups is 1. The van der Waals surface area contributed by atoms with E-state index >= 15 is 0 Å². The van der Waals surface area contributed by atoms with E-state index < -0.39 is 0 Å². The van der Waals surface area contributed by atoms with Gasteiger partial charge in [-0.3, -0.25) is 9.89 Å². The van der Waals surface area contributed by atoms with Crippen molar-refractivity contribution < 1.29 is 9.53 Å². The summed E-state index contributed by atoms with van der Waals surface area (Å²) in [5.41, 5.74) is 5.03. The van der Waals surface area contributed by atoms with Crippen LogP contribution in [0.5, 0.6) is 0 Å². The molecule has 0 bridgehead atoms. The van der Waals surface area contributed by atoms with Gasteiger partial charge in [0, 0.05) is 30.4 Å². The molecule has 1 N–H and O–H groups in total. The molecule has 1 aliphatic rings. The van der Waals surface area contributed by atoms with Gasteiger partial charge in [-0.15, -0.1) is 0 Å². The maximum Gasteiger partial charge on any atom is 0.272 e. The Morgan fingerprint density at radius 1 is 1.31 bits per heavy atom. The lowest BCUT2D eigenvalue weighted by atomic mass is 9.96. The van der Waals surface area contributed by atoms with E-state index in [0.29, 0.717) is 32.0 Å². The molecule has 0 aromatic carbocycles. The Morgan fingerprint density at radius 3 is 2.81 bits per heavy atom. The average molecular weight is 354 g/mol. The Morgan fingerprint density at radius 2 is 2.08 bits per heavy atom. The first kappa shape index (κ1) is 16.7. The Hall–Kier alpha value is -2.74. The summed E-state index contributed by atoms with van der Waals surface area (Å²) in [7, 11) is 0. The minimum absolute atomic E-state index is 0.0192. The highest BCUT2D eigenvalue weighted by atomic mass is 16.5. The number of carbonyl (C=O) groups excluding carboxylic acids is 1. The van der Waals surface area contributed by atoms with Crippen molar-refractivity contribution >= 4 is 11.6 Å². The number of aryl methyl sites for hydroxylation is 1. The molecular weight excluding hydrogens is 332 g/mol. The highest BCUT2D eigenvalue weighted by Gasteiger charge is 2.27. The van der Waals surface area contributed by atoms with Gasteiger partial charge < -0.3 is 9.64 Å². The lowest BCUT2D eigenvalue weighted by Crippen LogP contribution is -2.41. The highest BCUT2D eigenvalue weighted by Crippen LogP contribution is 2.31. The largest absolute Gasteiger partial charge is 0.378 e. The van der Waals surface area contributed by atoms with Crippen molar-refractivity contribution in [3.8, 4) is 11.3 Å². The fourth-order valence-corrected chi connectivity index (χ4v) is 3.44. The number of H-pyrrole nitrogens is 1. The predicted molar refractivity (Wildman–Crippen MR) is 96.1 cm³/mol. The molecule has 8 heteroatoms. The number of rotatable bonds is 3. The quantitative estimate of drug-likeness (QED) is 0.777. The monoisotopic (exact) mass is 354 g/mol. The number of pyridine rings is 1. The lowest BCUT2D eigenvalue weighted by molar-refractivity contribution is 0.0298. The molecule has 3 aromatic rings. The first-order valence-corrected chi connectivity index (χ1v) is 8.82. The summed E-state index contributed by atoms with van der Waals surface area (Å²) in [5, 5.41) is 11.7. The average Bonchev–Trinajstić information content (AvgIpc) is 3.28. The first-order chi connectivity index (χ1) is 12.6. The molecule has 4 heterocycles. The molecule has 0 unspecified atom stereocenters. The van der Waals surface area contributed by atoms with Gasteiger partial charge in [-0.05, 0) is 24.5 Å². The van der Waals surface area contributed by atoms with E-state index in [4.69, 9.17) is 4.74 Å². The summed E-state index contributed by atoms with van der Waals surface area (Å²) in [6, 6.07) is 2.04. The summed E-state index contributed by atoms with van der Waals surface area (Å²) in [5.74, 6) is 0.129. The van der Waals surface area contributed by atoms with Crippen LogP contribution in [0.1, 0.15) is 41.4 Å². The molecule has 0 radical (unpaired) electrons. The lowest BCUT2D eigenvalue weighted by Gasteiger charge is -2.27. The van der Waals surface area contributed by atoms with E-state index in [1.807, 2.05) is 24.1 Å². The third-order valence-corrected chi connectivity index (χ3v) is 4.73. The Balaban J connectivity index is 1.79. The zero-order valence-corrected chi connectivity index (χ0v) is 15.2. The highest BCUT2D eigenvalue weighted by molar-refractivity contribution is 5.96. The Labute approximate surface area is 151 Å². The zero-order chi connectivity index (χ0) is 18.3. The van der Waals surface area contributed by atoms with Crippen molar-refractivity contribution in [3.63, 3.8) is 0 Å². The topological polar surface area (TPSA) is 88.4 Å². The second-order valence-electron chi connectivity index (χ2n) is 6.86. The van der Waals surface area contributed by atoms with Gasteiger partial charge in [-0.25, -0.2) is 9.50 Å². The van der Waals surface area contributed by atoms with Crippen molar-refractivity contribution in [1.29, 1.82) is 0 Å². The number of fused-ring (bicyclic) bond motifs is 1. The van der Waals surface area contributed by atoms with Crippen LogP contribution < -0.4 is 0 Å². The van der Waals surface area contributed by atoms with Gasteiger partial charge in [0.15, 0.2) is 5.65 Å². The van der Waals surface area contributed by atoms with Crippen LogP contribution >= 0.6 is 0 Å². The number of amides is 1. The predicted octanol–water partition coefficient (Wildman–Crippen LogP) is 2.02. The number of morpholine rings is 1. The summed E-state index contributed by atoms with van der Waals surface area (Å²) < 4.78 is 7.09. The molecule has 0 atom stereocenters. The minimum Gasteiger partial charge on any atom is -0.378 e. The molecular formula is C18H22N6O2. The molecule has 1 fully saturated rings. The van der Waals surface area contributed by atoms with Crippen molar-refractivity contribution in [2.24, 2.45) is 0 Å². The summed E-state index contributed by atoms with van der Waals surface area (Å²) >= 11 is 0. The number of nitrogens with one attached hydrogen (secondary N) is 1. The standard InChI is InChI=1S/C18H22N6O2/c1-11(2)14-15(13-8-12(3)17-19-10-20-24(17)9-13)21-22-16(14)18(25)23-4-6-26-7-5-23/h8-11H,4-7H2,1-3H3,(H,21,22). The summed E-state index contributed by atoms with van der Waals surface area (Å²) in [4.78, 5) is 19.1. The van der Waals surface area contributed by atoms with Gasteiger partial charge in [0.05, 0.1) is 18.9 Å². The van der Waals surface area contributed by atoms with Crippen LogP contribution in [0.2, 0.25) is 0 Å². The third kappa shape index (κ3) is 2.76. The van der Waals surface area contributed by atoms with E-state index in [9.17, 15) is 4.79 Å². The van der Waals surface area contributed by atoms with E-state index in [1.54, 1.807) is 4.52 Å². The van der Waals surface area contributed by atoms with E-state index in [0.717, 1.165) is 28.0 Å². The van der Waals surface area contributed by atoms with Crippen LogP contribution in [-0.4, -0.2) is 61.9 Å². The molecule has 0 saturated carbocycles. The van der Waals surface area contributed by atoms with E-state index in [1.165, 1.54) is 6.33 Å². The van der Waals surface area contributed by atoms with Gasteiger partial charge >= 0.3 is 0 Å². The molecule has 4 rings (SSSR count). The molecule has 0 spiro atoms. The van der Waals surface area contributed by atoms with Crippen LogP contribution in [0.15, 0.2) is 18.6 Å². The van der Waals surface area contributed by atoms with Crippen LogP contribution in [0.4, 0.5) is 0 Å². The van der Waals surface area contributed by atoms with Crippen LogP contribution in [0.3, 0.4) is 0 Å². The molecule has 0 aliphatic carbocycles. The van der Waals surface area contributed by atoms with Crippen LogP contribution in [0.25, 0.3) is 16.9 Å². The van der Waals surface area contributed by atoms with Crippen molar-refractivity contribution in [2.75, 3.05) is 26.3 Å². The molecule has 1 amide bonds. The maximum absolute atomic E-state index is 13.0. The number of ether oxygens (including phenoxy) is 1. The van der Waals surface area contributed by atoms with Gasteiger partial charge in [0.1, 0.15) is 12.0 Å². The summed E-state index contributed by atoms with van der Waals surface area (Å²) in [6.45, 7) is 8.51. The van der Waals surface area contributed by atoms with E-state index in [-0.39, 0.29) is 11.8 Å². The van der Waals surface area contributed by atoms with Gasteiger partial charge in [-0.2, -0.15) is 10.2 Å². The molecule has 3 aromatic heterocycles. The first-order valence-electron chi connectivity index (χ1n) is 8.82. The van der Waals surface area contributed by atoms with Crippen molar-refractivity contribution in [3.05, 3.63) is 35.4 Å². The number of hydrogen-bond acceptors (Lipinski definition) is 5. The van der Waals surface area contributed by atoms with Crippen molar-refractivity contribution in [1.82, 2.24) is 29.7 Å². The normalized spacial score (nSPS) is 15.2. The molecule has 1 aliphatic heterocycles. The van der Waals surface area contributed by atoms with E-state index in [2.05, 4.69) is 34.1 Å². The number of aromatic amines is 1. The minimum atomic E-state index is -0.0192. The fourth-order valence-electron chi connectivity index (χ4n) is 3.44. The van der Waals surface area contributed by atoms with Gasteiger partial charge in [-0.1, -0.05) is 13.8 Å². The van der Waals surface area contributed by atoms with Gasteiger partial charge in [0.25, 0.3) is 5.91 Å². The second-order valence-corrected chi connectivity index (χ2v) is 6.86. The maximum atomic E-state index is 13.0. The second kappa shape index (κ2) is 6.53. The smallest absolute Gasteiger partial charge is 0.272 e. The molecule has 136 valence electrons. The number of hydrogen-bond donors (Lipinski definition) is 1. The Bertz CT molecular complexity index is 952. The Kier molecular flexibility index (Phi) is 4.20. The molecule has 26 heavy (non-hydrogen) atoms. The molecule has 8 nitrogen and oxygen atoms in total. The number of aromatic nitrogens is 5. The van der Waals surface area contributed by atoms with Crippen LogP contribution in [0, 0.1) is 6.92 Å². The number of nitrogens with zero attached hydrogens (tertiary/aromatic N) is 5. The van der Waals surface area contributed by atoms with Crippen molar-refractivity contribution in [2.45, 2.75) is 26.7 Å². The SMILES string of the molecule is Cc1cc(-c2n[nH]c(C(=O)N3CCOCC3)c2C(C)C)cn2ncnc12. The van der Waals surface area contributed by atoms with Gasteiger partial charge in [0.2, 0.25) is 0 Å². The van der Waals surface area contributed by atoms with Crippen LogP contribution in [-0.2, 0) is 4.74 Å². The fraction of sp³-hybridized carbons (Fsp3) is 0.444. The third-order valence-electron chi connectivity index (χ3n) is 4.73. The zero-order valence-electron chi connectivity index (χ0n) is 15.2. The molecule has 1 saturated heterocycles. The summed E-state index contributed by atoms with van der Waals surface area (Å²) in [6.07, 6.45) is 3.44.